The van der Waals surface area contributed by atoms with E-state index in [-0.39, 0.29) is 29.4 Å². The number of rotatable bonds is 5. The lowest BCUT2D eigenvalue weighted by atomic mass is 10.2. The van der Waals surface area contributed by atoms with E-state index < -0.39 is 11.7 Å². The van der Waals surface area contributed by atoms with Gasteiger partial charge in [0, 0.05) is 11.6 Å². The molecule has 0 fully saturated rings. The predicted molar refractivity (Wildman–Crippen MR) is 77.4 cm³/mol. The van der Waals surface area contributed by atoms with Crippen LogP contribution in [0.25, 0.3) is 0 Å². The number of carbonyl (C=O) groups excluding carboxylic acids is 1. The lowest BCUT2D eigenvalue weighted by Crippen LogP contribution is -2.24. The van der Waals surface area contributed by atoms with E-state index in [1.807, 2.05) is 0 Å². The van der Waals surface area contributed by atoms with Crippen LogP contribution in [0.1, 0.15) is 5.56 Å². The molecule has 1 amide bonds. The van der Waals surface area contributed by atoms with Crippen LogP contribution in [0.15, 0.2) is 47.6 Å². The molecule has 0 aliphatic carbocycles. The van der Waals surface area contributed by atoms with Crippen molar-refractivity contribution in [2.75, 3.05) is 6.61 Å². The minimum absolute atomic E-state index is 0.227. The topological polar surface area (TPSA) is 91.2 Å². The summed E-state index contributed by atoms with van der Waals surface area (Å²) < 4.78 is 18.0. The van der Waals surface area contributed by atoms with Gasteiger partial charge in [0.05, 0.1) is 6.21 Å². The monoisotopic (exact) mass is 304 g/mol. The highest BCUT2D eigenvalue weighted by molar-refractivity contribution is 5.86. The number of carbonyl (C=O) groups is 1. The number of para-hydroxylation sites is 1. The molecule has 6 nitrogen and oxygen atoms in total. The number of nitrogens with zero attached hydrogens (tertiary/aromatic N) is 1. The number of phenolic OH excluding ortho intramolecular Hbond substituents is 2. The van der Waals surface area contributed by atoms with Crippen LogP contribution >= 0.6 is 0 Å². The average molecular weight is 304 g/mol. The van der Waals surface area contributed by atoms with E-state index in [0.29, 0.717) is 0 Å². The first-order chi connectivity index (χ1) is 10.6. The molecule has 2 rings (SSSR count). The fraction of sp³-hybridized carbons (Fsp3) is 0.0667. The lowest BCUT2D eigenvalue weighted by Gasteiger charge is -2.05. The summed E-state index contributed by atoms with van der Waals surface area (Å²) in [7, 11) is 0. The summed E-state index contributed by atoms with van der Waals surface area (Å²) in [5, 5.41) is 22.4. The predicted octanol–water partition coefficient (Wildman–Crippen LogP) is 1.77. The normalized spacial score (nSPS) is 10.6. The Labute approximate surface area is 125 Å². The lowest BCUT2D eigenvalue weighted by molar-refractivity contribution is -0.123. The summed E-state index contributed by atoms with van der Waals surface area (Å²) in [4.78, 5) is 11.5. The second-order valence-electron chi connectivity index (χ2n) is 4.25. The second kappa shape index (κ2) is 7.07. The molecule has 3 N–H and O–H groups in total. The Morgan fingerprint density at radius 1 is 1.27 bits per heavy atom. The van der Waals surface area contributed by atoms with Crippen LogP contribution < -0.4 is 10.2 Å². The molecular weight excluding hydrogens is 291 g/mol. The maximum Gasteiger partial charge on any atom is 0.277 e. The van der Waals surface area contributed by atoms with Crippen LogP contribution in [0.5, 0.6) is 17.2 Å². The van der Waals surface area contributed by atoms with Gasteiger partial charge >= 0.3 is 0 Å². The molecule has 0 saturated carbocycles. The van der Waals surface area contributed by atoms with Crippen LogP contribution in [0.3, 0.4) is 0 Å². The Morgan fingerprint density at radius 3 is 2.82 bits per heavy atom. The standard InChI is InChI=1S/C15H13FN2O4/c16-11-4-2-5-12(7-11)22-9-14(20)18-17-8-10-3-1-6-13(19)15(10)21/h1-8,19,21H,9H2,(H,18,20)/b17-8+. The van der Waals surface area contributed by atoms with Crippen LogP contribution in [0.2, 0.25) is 0 Å². The average Bonchev–Trinajstić information content (AvgIpc) is 2.49. The summed E-state index contributed by atoms with van der Waals surface area (Å²) in [6, 6.07) is 9.74. The zero-order chi connectivity index (χ0) is 15.9. The Kier molecular flexibility index (Phi) is 4.92. The minimum Gasteiger partial charge on any atom is -0.504 e. The van der Waals surface area contributed by atoms with Gasteiger partial charge in [-0.1, -0.05) is 12.1 Å². The van der Waals surface area contributed by atoms with Crippen molar-refractivity contribution in [3.05, 3.63) is 53.8 Å². The highest BCUT2D eigenvalue weighted by atomic mass is 19.1. The fourth-order valence-corrected chi connectivity index (χ4v) is 1.56. The van der Waals surface area contributed by atoms with Gasteiger partial charge in [-0.25, -0.2) is 9.82 Å². The quantitative estimate of drug-likeness (QED) is 0.446. The summed E-state index contributed by atoms with van der Waals surface area (Å²) in [5.41, 5.74) is 2.42. The fourth-order valence-electron chi connectivity index (χ4n) is 1.56. The van der Waals surface area contributed by atoms with Crippen molar-refractivity contribution in [1.29, 1.82) is 0 Å². The molecule has 0 aromatic heterocycles. The molecule has 0 unspecified atom stereocenters. The zero-order valence-electron chi connectivity index (χ0n) is 11.4. The largest absolute Gasteiger partial charge is 0.504 e. The number of ether oxygens (including phenoxy) is 1. The third-order valence-electron chi connectivity index (χ3n) is 2.60. The number of nitrogens with one attached hydrogen (secondary N) is 1. The molecule has 0 bridgehead atoms. The van der Waals surface area contributed by atoms with E-state index in [4.69, 9.17) is 4.74 Å². The number of hydrogen-bond donors (Lipinski definition) is 3. The van der Waals surface area contributed by atoms with E-state index in [0.717, 1.165) is 6.07 Å². The number of halogens is 1. The van der Waals surface area contributed by atoms with Crippen molar-refractivity contribution in [2.45, 2.75) is 0 Å². The second-order valence-corrected chi connectivity index (χ2v) is 4.25. The van der Waals surface area contributed by atoms with Crippen LogP contribution in [0, 0.1) is 5.82 Å². The highest BCUT2D eigenvalue weighted by Crippen LogP contribution is 2.26. The van der Waals surface area contributed by atoms with Gasteiger partial charge in [0.2, 0.25) is 0 Å². The number of phenols is 2. The maximum absolute atomic E-state index is 12.9. The maximum atomic E-state index is 12.9. The Hall–Kier alpha value is -3.09. The first-order valence-electron chi connectivity index (χ1n) is 6.27. The minimum atomic E-state index is -0.555. The molecule has 2 aromatic carbocycles. The highest BCUT2D eigenvalue weighted by Gasteiger charge is 2.04. The molecule has 0 radical (unpaired) electrons. The summed E-state index contributed by atoms with van der Waals surface area (Å²) >= 11 is 0. The van der Waals surface area contributed by atoms with Crippen molar-refractivity contribution in [3.8, 4) is 17.2 Å². The summed E-state index contributed by atoms with van der Waals surface area (Å²) in [5.74, 6) is -1.42. The number of aromatic hydroxyl groups is 2. The SMILES string of the molecule is O=C(COc1cccc(F)c1)N/N=C/c1cccc(O)c1O. The first-order valence-corrected chi connectivity index (χ1v) is 6.27. The Morgan fingerprint density at radius 2 is 2.05 bits per heavy atom. The van der Waals surface area contributed by atoms with Gasteiger partial charge in [0.1, 0.15) is 11.6 Å². The molecule has 0 spiro atoms. The molecule has 0 heterocycles. The van der Waals surface area contributed by atoms with Crippen molar-refractivity contribution < 1.29 is 24.1 Å². The van der Waals surface area contributed by atoms with Crippen LogP contribution in [-0.2, 0) is 4.79 Å². The Bertz CT molecular complexity index is 704. The zero-order valence-corrected chi connectivity index (χ0v) is 11.4. The van der Waals surface area contributed by atoms with Crippen molar-refractivity contribution >= 4 is 12.1 Å². The molecule has 22 heavy (non-hydrogen) atoms. The van der Waals surface area contributed by atoms with E-state index in [1.165, 1.54) is 42.6 Å². The van der Waals surface area contributed by atoms with Crippen molar-refractivity contribution in [2.24, 2.45) is 5.10 Å². The Balaban J connectivity index is 1.85. The smallest absolute Gasteiger partial charge is 0.277 e. The van der Waals surface area contributed by atoms with Crippen molar-refractivity contribution in [1.82, 2.24) is 5.43 Å². The molecule has 0 saturated heterocycles. The van der Waals surface area contributed by atoms with Gasteiger partial charge < -0.3 is 14.9 Å². The van der Waals surface area contributed by atoms with Crippen LogP contribution in [-0.4, -0.2) is 28.9 Å². The molecule has 0 atom stereocenters. The summed E-state index contributed by atoms with van der Waals surface area (Å²) in [6.45, 7) is -0.340. The number of benzene rings is 2. The van der Waals surface area contributed by atoms with E-state index >= 15 is 0 Å². The molecular formula is C15H13FN2O4. The van der Waals surface area contributed by atoms with Gasteiger partial charge in [-0.15, -0.1) is 0 Å². The molecule has 7 heteroatoms. The molecule has 2 aromatic rings. The van der Waals surface area contributed by atoms with Crippen LogP contribution in [0.4, 0.5) is 4.39 Å². The van der Waals surface area contributed by atoms with Gasteiger partial charge in [-0.3, -0.25) is 4.79 Å². The van der Waals surface area contributed by atoms with E-state index in [1.54, 1.807) is 0 Å². The number of hydrogen-bond acceptors (Lipinski definition) is 5. The van der Waals surface area contributed by atoms with Gasteiger partial charge in [0.15, 0.2) is 18.1 Å². The van der Waals surface area contributed by atoms with E-state index in [2.05, 4.69) is 10.5 Å². The molecule has 114 valence electrons. The van der Waals surface area contributed by atoms with Gasteiger partial charge in [-0.05, 0) is 24.3 Å². The third-order valence-corrected chi connectivity index (χ3v) is 2.60. The first kappa shape index (κ1) is 15.3. The molecule has 0 aliphatic rings. The number of amides is 1. The summed E-state index contributed by atoms with van der Waals surface area (Å²) in [6.07, 6.45) is 1.18. The number of hydrazone groups is 1. The molecule has 0 aliphatic heterocycles. The van der Waals surface area contributed by atoms with E-state index in [9.17, 15) is 19.4 Å². The third kappa shape index (κ3) is 4.20. The van der Waals surface area contributed by atoms with Gasteiger partial charge in [0.25, 0.3) is 5.91 Å². The van der Waals surface area contributed by atoms with Crippen molar-refractivity contribution in [3.63, 3.8) is 0 Å². The van der Waals surface area contributed by atoms with Gasteiger partial charge in [-0.2, -0.15) is 5.10 Å².